The summed E-state index contributed by atoms with van der Waals surface area (Å²) in [4.78, 5) is 32.5. The van der Waals surface area contributed by atoms with E-state index in [4.69, 9.17) is 5.73 Å². The van der Waals surface area contributed by atoms with Gasteiger partial charge in [-0.15, -0.1) is 0 Å². The summed E-state index contributed by atoms with van der Waals surface area (Å²) in [6, 6.07) is 12.4. The van der Waals surface area contributed by atoms with E-state index in [9.17, 15) is 18.0 Å². The van der Waals surface area contributed by atoms with Crippen molar-refractivity contribution < 1.29 is 18.0 Å². The molecule has 0 saturated carbocycles. The molecule has 0 bridgehead atoms. The van der Waals surface area contributed by atoms with E-state index in [1.54, 1.807) is 47.4 Å². The molecule has 0 fully saturated rings. The van der Waals surface area contributed by atoms with Crippen molar-refractivity contribution in [2.75, 3.05) is 18.0 Å². The number of aliphatic imine (C=N–C) groups is 2. The molecule has 0 saturated heterocycles. The fourth-order valence-electron chi connectivity index (χ4n) is 3.26. The molecule has 2 aromatic carbocycles. The van der Waals surface area contributed by atoms with Gasteiger partial charge in [-0.2, -0.15) is 9.98 Å². The fraction of sp³-hybridized carbons (Fsp3) is 0.304. The Morgan fingerprint density at radius 2 is 1.78 bits per heavy atom. The molecular formula is C23H26N4O4S. The summed E-state index contributed by atoms with van der Waals surface area (Å²) in [6.45, 7) is 6.99. The molecule has 0 aromatic heterocycles. The van der Waals surface area contributed by atoms with Crippen LogP contribution in [0.25, 0.3) is 0 Å². The van der Waals surface area contributed by atoms with Gasteiger partial charge < -0.3 is 10.6 Å². The highest BCUT2D eigenvalue weighted by atomic mass is 32.2. The third-order valence-electron chi connectivity index (χ3n) is 5.02. The van der Waals surface area contributed by atoms with Crippen molar-refractivity contribution in [1.29, 1.82) is 0 Å². The van der Waals surface area contributed by atoms with Gasteiger partial charge in [-0.05, 0) is 42.6 Å². The molecule has 0 radical (unpaired) electrons. The van der Waals surface area contributed by atoms with Crippen molar-refractivity contribution >= 4 is 38.2 Å². The van der Waals surface area contributed by atoms with Gasteiger partial charge in [0.2, 0.25) is 15.7 Å². The SMILES string of the molecule is CC(=O)N1CCc2cc(S(=O)(=O)C3=NC(=O)N=C3c3ccccc3)ccc21.CC(C)CN. The number of hydrogen-bond donors (Lipinski definition) is 1. The molecule has 2 heterocycles. The van der Waals surface area contributed by atoms with Crippen molar-refractivity contribution in [3.05, 3.63) is 59.7 Å². The van der Waals surface area contributed by atoms with E-state index in [1.807, 2.05) is 0 Å². The predicted molar refractivity (Wildman–Crippen MR) is 125 cm³/mol. The normalized spacial score (nSPS) is 15.2. The number of nitrogens with zero attached hydrogens (tertiary/aromatic N) is 3. The van der Waals surface area contributed by atoms with Crippen LogP contribution >= 0.6 is 0 Å². The molecule has 32 heavy (non-hydrogen) atoms. The number of carbonyl (C=O) groups excluding carboxylic acids is 2. The average molecular weight is 455 g/mol. The number of carbonyl (C=O) groups is 2. The third kappa shape index (κ3) is 4.84. The molecular weight excluding hydrogens is 428 g/mol. The first-order chi connectivity index (χ1) is 15.1. The largest absolute Gasteiger partial charge is 0.369 e. The van der Waals surface area contributed by atoms with Crippen molar-refractivity contribution in [2.24, 2.45) is 21.6 Å². The molecule has 2 aromatic rings. The van der Waals surface area contributed by atoms with Gasteiger partial charge in [-0.3, -0.25) is 4.79 Å². The van der Waals surface area contributed by atoms with Gasteiger partial charge >= 0.3 is 6.03 Å². The Morgan fingerprint density at radius 3 is 2.38 bits per heavy atom. The summed E-state index contributed by atoms with van der Waals surface area (Å²) >= 11 is 0. The van der Waals surface area contributed by atoms with Gasteiger partial charge in [0.15, 0.2) is 5.04 Å². The molecule has 0 unspecified atom stereocenters. The van der Waals surface area contributed by atoms with Gasteiger partial charge in [-0.25, -0.2) is 13.2 Å². The van der Waals surface area contributed by atoms with E-state index >= 15 is 0 Å². The predicted octanol–water partition coefficient (Wildman–Crippen LogP) is 2.99. The van der Waals surface area contributed by atoms with Crippen molar-refractivity contribution in [1.82, 2.24) is 0 Å². The van der Waals surface area contributed by atoms with Crippen LogP contribution in [0.4, 0.5) is 10.5 Å². The molecule has 8 nitrogen and oxygen atoms in total. The number of sulfone groups is 1. The standard InChI is InChI=1S/C19H15N3O4S.C4H11N/c1-12(23)22-10-9-14-11-15(7-8-16(14)22)27(25,26)18-17(20-19(24)21-18)13-5-3-2-4-6-13;1-4(2)3-5/h2-8,11H,9-10H2,1H3;4H,3,5H2,1-2H3. The van der Waals surface area contributed by atoms with Crippen LogP contribution in [0.2, 0.25) is 0 Å². The Balaban J connectivity index is 0.000000523. The second-order valence-corrected chi connectivity index (χ2v) is 9.74. The van der Waals surface area contributed by atoms with Crippen LogP contribution in [0.15, 0.2) is 63.4 Å². The zero-order chi connectivity index (χ0) is 23.5. The first-order valence-corrected chi connectivity index (χ1v) is 11.8. The molecule has 2 aliphatic heterocycles. The summed E-state index contributed by atoms with van der Waals surface area (Å²) in [5, 5.41) is -0.347. The molecule has 0 aliphatic carbocycles. The van der Waals surface area contributed by atoms with Crippen LogP contribution < -0.4 is 10.6 Å². The zero-order valence-electron chi connectivity index (χ0n) is 18.3. The summed E-state index contributed by atoms with van der Waals surface area (Å²) in [6.07, 6.45) is 0.573. The second-order valence-electron chi connectivity index (χ2n) is 7.87. The van der Waals surface area contributed by atoms with Crippen LogP contribution in [0, 0.1) is 5.92 Å². The first-order valence-electron chi connectivity index (χ1n) is 10.3. The highest BCUT2D eigenvalue weighted by molar-refractivity contribution is 8.08. The average Bonchev–Trinajstić information content (AvgIpc) is 3.38. The van der Waals surface area contributed by atoms with Gasteiger partial charge in [0.1, 0.15) is 5.71 Å². The van der Waals surface area contributed by atoms with Crippen LogP contribution in [0.3, 0.4) is 0 Å². The van der Waals surface area contributed by atoms with Crippen LogP contribution in [-0.4, -0.2) is 44.2 Å². The van der Waals surface area contributed by atoms with E-state index in [-0.39, 0.29) is 21.6 Å². The third-order valence-corrected chi connectivity index (χ3v) is 6.69. The zero-order valence-corrected chi connectivity index (χ0v) is 19.1. The Kier molecular flexibility index (Phi) is 7.00. The molecule has 4 rings (SSSR count). The molecule has 9 heteroatoms. The Bertz CT molecular complexity index is 1200. The Morgan fingerprint density at radius 1 is 1.12 bits per heavy atom. The summed E-state index contributed by atoms with van der Waals surface area (Å²) < 4.78 is 26.3. The number of fused-ring (bicyclic) bond motifs is 1. The highest BCUT2D eigenvalue weighted by Crippen LogP contribution is 2.31. The van der Waals surface area contributed by atoms with Crippen LogP contribution in [0.5, 0.6) is 0 Å². The lowest BCUT2D eigenvalue weighted by atomic mass is 10.1. The van der Waals surface area contributed by atoms with Crippen molar-refractivity contribution in [2.45, 2.75) is 32.1 Å². The lowest BCUT2D eigenvalue weighted by molar-refractivity contribution is -0.116. The lowest BCUT2D eigenvalue weighted by Gasteiger charge is -2.15. The van der Waals surface area contributed by atoms with Crippen LogP contribution in [-0.2, 0) is 21.1 Å². The minimum absolute atomic E-state index is 0.0312. The fourth-order valence-corrected chi connectivity index (χ4v) is 4.65. The van der Waals surface area contributed by atoms with E-state index < -0.39 is 15.9 Å². The molecule has 168 valence electrons. The minimum Gasteiger partial charge on any atom is -0.330 e. The van der Waals surface area contributed by atoms with Crippen molar-refractivity contribution in [3.63, 3.8) is 0 Å². The van der Waals surface area contributed by atoms with E-state index in [2.05, 4.69) is 23.8 Å². The van der Waals surface area contributed by atoms with E-state index in [1.165, 1.54) is 13.0 Å². The number of urea groups is 1. The molecule has 0 spiro atoms. The summed E-state index contributed by atoms with van der Waals surface area (Å²) in [5.41, 5.74) is 7.21. The molecule has 3 amide bonds. The Hall–Kier alpha value is -3.17. The number of benzene rings is 2. The number of rotatable bonds is 3. The number of amides is 3. The maximum atomic E-state index is 13.1. The van der Waals surface area contributed by atoms with Gasteiger partial charge in [0, 0.05) is 24.7 Å². The van der Waals surface area contributed by atoms with Gasteiger partial charge in [0.25, 0.3) is 0 Å². The number of hydrogen-bond acceptors (Lipinski definition) is 5. The first kappa shape index (κ1) is 23.5. The highest BCUT2D eigenvalue weighted by Gasteiger charge is 2.34. The summed E-state index contributed by atoms with van der Waals surface area (Å²) in [7, 11) is -4.03. The van der Waals surface area contributed by atoms with E-state index in [0.29, 0.717) is 30.1 Å². The number of nitrogens with two attached hydrogens (primary N) is 1. The Labute approximate surface area is 187 Å². The van der Waals surface area contributed by atoms with Crippen LogP contribution in [0.1, 0.15) is 31.9 Å². The molecule has 2 N–H and O–H groups in total. The maximum absolute atomic E-state index is 13.1. The summed E-state index contributed by atoms with van der Waals surface area (Å²) in [5.74, 6) is 0.573. The molecule has 2 aliphatic rings. The monoisotopic (exact) mass is 454 g/mol. The smallest absolute Gasteiger partial charge is 0.330 e. The quantitative estimate of drug-likeness (QED) is 0.764. The van der Waals surface area contributed by atoms with E-state index in [0.717, 1.165) is 12.1 Å². The van der Waals surface area contributed by atoms with Gasteiger partial charge in [-0.1, -0.05) is 44.2 Å². The topological polar surface area (TPSA) is 122 Å². The molecule has 0 atom stereocenters. The number of anilines is 1. The maximum Gasteiger partial charge on any atom is 0.369 e. The lowest BCUT2D eigenvalue weighted by Crippen LogP contribution is -2.26. The minimum atomic E-state index is -4.03. The van der Waals surface area contributed by atoms with Crippen molar-refractivity contribution in [3.8, 4) is 0 Å². The second kappa shape index (κ2) is 9.54. The van der Waals surface area contributed by atoms with Gasteiger partial charge in [0.05, 0.1) is 4.90 Å².